The lowest BCUT2D eigenvalue weighted by Crippen LogP contribution is -2.27. The van der Waals surface area contributed by atoms with Crippen LogP contribution in [0.5, 0.6) is 0 Å². The number of hydrogen-bond donors (Lipinski definition) is 3. The van der Waals surface area contributed by atoms with Gasteiger partial charge in [-0.15, -0.1) is 0 Å². The highest BCUT2D eigenvalue weighted by molar-refractivity contribution is 5.95. The number of rotatable bonds is 6. The molecule has 1 aromatic carbocycles. The van der Waals surface area contributed by atoms with E-state index in [2.05, 4.69) is 15.6 Å². The monoisotopic (exact) mass is 325 g/mol. The molecule has 0 saturated heterocycles. The van der Waals surface area contributed by atoms with Gasteiger partial charge in [-0.3, -0.25) is 9.59 Å². The SMILES string of the molecule is O=C(NC1CC1)c1ccc(-c2cccc(C(=O)NCCO)n2)cc1. The van der Waals surface area contributed by atoms with Crippen molar-refractivity contribution < 1.29 is 14.7 Å². The lowest BCUT2D eigenvalue weighted by molar-refractivity contribution is 0.0936. The number of carbonyl (C=O) groups excluding carboxylic acids is 2. The number of nitrogens with one attached hydrogen (secondary N) is 2. The minimum atomic E-state index is -0.327. The predicted molar refractivity (Wildman–Crippen MR) is 89.6 cm³/mol. The summed E-state index contributed by atoms with van der Waals surface area (Å²) in [6.45, 7) is 0.0748. The van der Waals surface area contributed by atoms with E-state index in [0.29, 0.717) is 17.3 Å². The van der Waals surface area contributed by atoms with E-state index in [0.717, 1.165) is 18.4 Å². The normalized spacial score (nSPS) is 13.4. The van der Waals surface area contributed by atoms with Crippen molar-refractivity contribution in [2.24, 2.45) is 0 Å². The third-order valence-electron chi connectivity index (χ3n) is 3.73. The summed E-state index contributed by atoms with van der Waals surface area (Å²) in [5.41, 5.74) is 2.38. The van der Waals surface area contributed by atoms with Crippen molar-refractivity contribution in [1.82, 2.24) is 15.6 Å². The first kappa shape index (κ1) is 16.1. The molecule has 1 aliphatic carbocycles. The topological polar surface area (TPSA) is 91.3 Å². The molecule has 124 valence electrons. The first-order valence-corrected chi connectivity index (χ1v) is 7.95. The van der Waals surface area contributed by atoms with Gasteiger partial charge in [0.25, 0.3) is 11.8 Å². The maximum Gasteiger partial charge on any atom is 0.269 e. The van der Waals surface area contributed by atoms with Gasteiger partial charge in [-0.25, -0.2) is 4.98 Å². The maximum atomic E-state index is 12.0. The third-order valence-corrected chi connectivity index (χ3v) is 3.73. The number of amides is 2. The number of hydrogen-bond acceptors (Lipinski definition) is 4. The molecule has 1 fully saturated rings. The van der Waals surface area contributed by atoms with Crippen LogP contribution in [-0.2, 0) is 0 Å². The predicted octanol–water partition coefficient (Wildman–Crippen LogP) is 1.36. The van der Waals surface area contributed by atoms with Crippen LogP contribution >= 0.6 is 0 Å². The number of aliphatic hydroxyl groups excluding tert-OH is 1. The zero-order valence-electron chi connectivity index (χ0n) is 13.2. The molecule has 1 saturated carbocycles. The average Bonchev–Trinajstić information content (AvgIpc) is 3.44. The third kappa shape index (κ3) is 3.97. The summed E-state index contributed by atoms with van der Waals surface area (Å²) in [6.07, 6.45) is 2.11. The largest absolute Gasteiger partial charge is 0.395 e. The van der Waals surface area contributed by atoms with Gasteiger partial charge in [-0.1, -0.05) is 18.2 Å². The number of carbonyl (C=O) groups is 2. The Kier molecular flexibility index (Phi) is 4.86. The molecule has 2 amide bonds. The van der Waals surface area contributed by atoms with Crippen LogP contribution in [-0.4, -0.2) is 41.1 Å². The van der Waals surface area contributed by atoms with E-state index < -0.39 is 0 Å². The van der Waals surface area contributed by atoms with Crippen LogP contribution in [0.1, 0.15) is 33.7 Å². The van der Waals surface area contributed by atoms with Gasteiger partial charge in [0, 0.05) is 23.7 Å². The van der Waals surface area contributed by atoms with Crippen LogP contribution in [0.2, 0.25) is 0 Å². The molecule has 6 nitrogen and oxygen atoms in total. The van der Waals surface area contributed by atoms with Gasteiger partial charge in [0.2, 0.25) is 0 Å². The standard InChI is InChI=1S/C18H19N3O3/c22-11-10-19-18(24)16-3-1-2-15(21-16)12-4-6-13(7-5-12)17(23)20-14-8-9-14/h1-7,14,22H,8-11H2,(H,19,24)(H,20,23). The Morgan fingerprint density at radius 3 is 2.50 bits per heavy atom. The zero-order chi connectivity index (χ0) is 16.9. The number of aromatic nitrogens is 1. The summed E-state index contributed by atoms with van der Waals surface area (Å²) in [5, 5.41) is 14.3. The molecule has 0 atom stereocenters. The second-order valence-corrected chi connectivity index (χ2v) is 5.71. The van der Waals surface area contributed by atoms with Crippen LogP contribution in [0.3, 0.4) is 0 Å². The second-order valence-electron chi connectivity index (χ2n) is 5.71. The number of nitrogens with zero attached hydrogens (tertiary/aromatic N) is 1. The Hall–Kier alpha value is -2.73. The summed E-state index contributed by atoms with van der Waals surface area (Å²) in [6, 6.07) is 12.7. The van der Waals surface area contributed by atoms with E-state index in [4.69, 9.17) is 5.11 Å². The van der Waals surface area contributed by atoms with Gasteiger partial charge in [0.05, 0.1) is 12.3 Å². The van der Waals surface area contributed by atoms with E-state index >= 15 is 0 Å². The van der Waals surface area contributed by atoms with Gasteiger partial charge in [-0.05, 0) is 37.1 Å². The summed E-state index contributed by atoms with van der Waals surface area (Å²) in [7, 11) is 0. The van der Waals surface area contributed by atoms with Crippen LogP contribution in [0.25, 0.3) is 11.3 Å². The lowest BCUT2D eigenvalue weighted by atomic mass is 10.1. The summed E-state index contributed by atoms with van der Waals surface area (Å²) >= 11 is 0. The van der Waals surface area contributed by atoms with Crippen LogP contribution in [0.15, 0.2) is 42.5 Å². The van der Waals surface area contributed by atoms with Crippen molar-refractivity contribution in [1.29, 1.82) is 0 Å². The van der Waals surface area contributed by atoms with Gasteiger partial charge in [0.15, 0.2) is 0 Å². The van der Waals surface area contributed by atoms with Crippen molar-refractivity contribution in [3.63, 3.8) is 0 Å². The molecule has 1 heterocycles. The first-order chi connectivity index (χ1) is 11.7. The molecule has 3 rings (SSSR count). The molecule has 3 N–H and O–H groups in total. The van der Waals surface area contributed by atoms with Crippen LogP contribution in [0.4, 0.5) is 0 Å². The fourth-order valence-electron chi connectivity index (χ4n) is 2.27. The van der Waals surface area contributed by atoms with Crippen LogP contribution < -0.4 is 10.6 Å². The molecule has 0 unspecified atom stereocenters. The molecule has 24 heavy (non-hydrogen) atoms. The second kappa shape index (κ2) is 7.23. The van der Waals surface area contributed by atoms with Crippen molar-refractivity contribution in [3.05, 3.63) is 53.7 Å². The first-order valence-electron chi connectivity index (χ1n) is 7.95. The van der Waals surface area contributed by atoms with E-state index in [1.165, 1.54) is 0 Å². The molecule has 1 aromatic heterocycles. The Labute approximate surface area is 139 Å². The molecule has 0 radical (unpaired) electrons. The Balaban J connectivity index is 1.73. The fraction of sp³-hybridized carbons (Fsp3) is 0.278. The highest BCUT2D eigenvalue weighted by Crippen LogP contribution is 2.21. The Morgan fingerprint density at radius 2 is 1.83 bits per heavy atom. The average molecular weight is 325 g/mol. The van der Waals surface area contributed by atoms with Crippen molar-refractivity contribution in [3.8, 4) is 11.3 Å². The smallest absolute Gasteiger partial charge is 0.269 e. The minimum Gasteiger partial charge on any atom is -0.395 e. The molecular formula is C18H19N3O3. The van der Waals surface area contributed by atoms with E-state index in [1.807, 2.05) is 18.2 Å². The van der Waals surface area contributed by atoms with Crippen LogP contribution in [0, 0.1) is 0 Å². The van der Waals surface area contributed by atoms with Gasteiger partial charge in [0.1, 0.15) is 5.69 Å². The lowest BCUT2D eigenvalue weighted by Gasteiger charge is -2.07. The van der Waals surface area contributed by atoms with Crippen molar-refractivity contribution in [2.45, 2.75) is 18.9 Å². The molecular weight excluding hydrogens is 306 g/mol. The number of benzene rings is 1. The zero-order valence-corrected chi connectivity index (χ0v) is 13.2. The van der Waals surface area contributed by atoms with Crippen molar-refractivity contribution >= 4 is 11.8 Å². The van der Waals surface area contributed by atoms with E-state index in [1.54, 1.807) is 24.3 Å². The molecule has 0 bridgehead atoms. The number of aliphatic hydroxyl groups is 1. The minimum absolute atomic E-state index is 0.0610. The molecule has 6 heteroatoms. The molecule has 0 aliphatic heterocycles. The Bertz CT molecular complexity index is 739. The summed E-state index contributed by atoms with van der Waals surface area (Å²) < 4.78 is 0. The van der Waals surface area contributed by atoms with E-state index in [9.17, 15) is 9.59 Å². The number of pyridine rings is 1. The highest BCUT2D eigenvalue weighted by Gasteiger charge is 2.23. The van der Waals surface area contributed by atoms with E-state index in [-0.39, 0.29) is 30.7 Å². The molecule has 0 spiro atoms. The van der Waals surface area contributed by atoms with Gasteiger partial charge >= 0.3 is 0 Å². The summed E-state index contributed by atoms with van der Waals surface area (Å²) in [4.78, 5) is 28.2. The maximum absolute atomic E-state index is 12.0. The molecule has 1 aliphatic rings. The van der Waals surface area contributed by atoms with Gasteiger partial charge < -0.3 is 15.7 Å². The Morgan fingerprint density at radius 1 is 1.08 bits per heavy atom. The van der Waals surface area contributed by atoms with Gasteiger partial charge in [-0.2, -0.15) is 0 Å². The molecule has 2 aromatic rings. The highest BCUT2D eigenvalue weighted by atomic mass is 16.3. The fourth-order valence-corrected chi connectivity index (χ4v) is 2.27. The quantitative estimate of drug-likeness (QED) is 0.748. The van der Waals surface area contributed by atoms with Crippen molar-refractivity contribution in [2.75, 3.05) is 13.2 Å². The summed E-state index contributed by atoms with van der Waals surface area (Å²) in [5.74, 6) is -0.388.